The topological polar surface area (TPSA) is 42.7 Å². The number of rotatable bonds is 2. The summed E-state index contributed by atoms with van der Waals surface area (Å²) in [6, 6.07) is 10.6. The molecule has 0 amide bonds. The van der Waals surface area contributed by atoms with Gasteiger partial charge in [0.15, 0.2) is 5.65 Å². The van der Waals surface area contributed by atoms with Crippen LogP contribution in [0.1, 0.15) is 31.3 Å². The van der Waals surface area contributed by atoms with Gasteiger partial charge in [-0.15, -0.1) is 11.8 Å². The molecule has 1 N–H and O–H groups in total. The van der Waals surface area contributed by atoms with Crippen LogP contribution in [0.25, 0.3) is 16.9 Å². The van der Waals surface area contributed by atoms with E-state index in [0.29, 0.717) is 5.92 Å². The van der Waals surface area contributed by atoms with Crippen molar-refractivity contribution in [2.45, 2.75) is 31.6 Å². The predicted molar refractivity (Wildman–Crippen MR) is 92.0 cm³/mol. The van der Waals surface area contributed by atoms with Crippen LogP contribution in [-0.4, -0.2) is 20.4 Å². The molecule has 0 unspecified atom stereocenters. The highest BCUT2D eigenvalue weighted by Crippen LogP contribution is 2.36. The molecule has 0 fully saturated rings. The van der Waals surface area contributed by atoms with Crippen LogP contribution in [0.2, 0.25) is 0 Å². The number of fused-ring (bicyclic) bond motifs is 2. The Balaban J connectivity index is 2.00. The van der Waals surface area contributed by atoms with Gasteiger partial charge >= 0.3 is 0 Å². The predicted octanol–water partition coefficient (Wildman–Crippen LogP) is 4.33. The molecule has 3 heterocycles. The molecule has 1 aliphatic heterocycles. The van der Waals surface area contributed by atoms with Crippen molar-refractivity contribution in [1.82, 2.24) is 14.5 Å². The summed E-state index contributed by atoms with van der Waals surface area (Å²) in [5, 5.41) is 3.38. The summed E-state index contributed by atoms with van der Waals surface area (Å²) < 4.78 is 2.20. The molecule has 5 heteroatoms. The summed E-state index contributed by atoms with van der Waals surface area (Å²) in [7, 11) is 0. The minimum atomic E-state index is 0.341. The molecule has 0 aliphatic carbocycles. The van der Waals surface area contributed by atoms with Crippen LogP contribution < -0.4 is 5.32 Å². The van der Waals surface area contributed by atoms with Crippen molar-refractivity contribution in [3.63, 3.8) is 0 Å². The third-order valence-corrected chi connectivity index (χ3v) is 4.84. The Bertz CT molecular complexity index is 866. The Morgan fingerprint density at radius 1 is 1.18 bits per heavy atom. The lowest BCUT2D eigenvalue weighted by molar-refractivity contribution is 0.757. The number of anilines is 1. The first-order valence-electron chi connectivity index (χ1n) is 7.50. The molecule has 0 saturated heterocycles. The maximum absolute atomic E-state index is 4.80. The van der Waals surface area contributed by atoms with Gasteiger partial charge in [0, 0.05) is 22.2 Å². The lowest BCUT2D eigenvalue weighted by Crippen LogP contribution is -2.04. The van der Waals surface area contributed by atoms with Crippen molar-refractivity contribution < 1.29 is 0 Å². The van der Waals surface area contributed by atoms with Gasteiger partial charge in [-0.1, -0.05) is 13.8 Å². The number of nitrogens with one attached hydrogen (secondary N) is 1. The first-order valence-corrected chi connectivity index (χ1v) is 8.49. The second kappa shape index (κ2) is 5.02. The van der Waals surface area contributed by atoms with E-state index >= 15 is 0 Å². The zero-order chi connectivity index (χ0) is 15.3. The molecular weight excluding hydrogens is 292 g/mol. The standard InChI is InChI=1S/C17H18N4S/c1-10(2)16-20-14-6-4-11(3)19-17(14)21(16)12-5-7-13-15(8-12)22-9-18-13/h4-8,10,18H,9H2,1-3H3. The van der Waals surface area contributed by atoms with E-state index < -0.39 is 0 Å². The molecule has 1 aromatic carbocycles. The average Bonchev–Trinajstić information content (AvgIpc) is 3.09. The van der Waals surface area contributed by atoms with Gasteiger partial charge in [-0.05, 0) is 37.3 Å². The Kier molecular flexibility index (Phi) is 3.11. The van der Waals surface area contributed by atoms with Crippen molar-refractivity contribution in [3.8, 4) is 5.69 Å². The number of thioether (sulfide) groups is 1. The summed E-state index contributed by atoms with van der Waals surface area (Å²) >= 11 is 1.84. The molecule has 4 nitrogen and oxygen atoms in total. The van der Waals surface area contributed by atoms with Crippen LogP contribution in [0.4, 0.5) is 5.69 Å². The molecular formula is C17H18N4S. The van der Waals surface area contributed by atoms with Gasteiger partial charge in [0.25, 0.3) is 0 Å². The maximum atomic E-state index is 4.80. The number of hydrogen-bond donors (Lipinski definition) is 1. The van der Waals surface area contributed by atoms with Gasteiger partial charge in [-0.2, -0.15) is 0 Å². The van der Waals surface area contributed by atoms with Crippen molar-refractivity contribution in [2.75, 3.05) is 11.2 Å². The molecule has 0 atom stereocenters. The van der Waals surface area contributed by atoms with Crippen molar-refractivity contribution in [2.24, 2.45) is 0 Å². The van der Waals surface area contributed by atoms with E-state index in [1.165, 1.54) is 10.6 Å². The molecule has 4 rings (SSSR count). The van der Waals surface area contributed by atoms with Crippen molar-refractivity contribution >= 4 is 28.6 Å². The Hall–Kier alpha value is -2.01. The fourth-order valence-electron chi connectivity index (χ4n) is 2.82. The summed E-state index contributed by atoms with van der Waals surface area (Å²) in [5.74, 6) is 2.34. The Morgan fingerprint density at radius 3 is 2.86 bits per heavy atom. The van der Waals surface area contributed by atoms with Crippen LogP contribution in [0.3, 0.4) is 0 Å². The number of pyridine rings is 1. The second-order valence-electron chi connectivity index (χ2n) is 5.90. The molecule has 0 radical (unpaired) electrons. The van der Waals surface area contributed by atoms with Crippen molar-refractivity contribution in [3.05, 3.63) is 41.9 Å². The molecule has 0 saturated carbocycles. The van der Waals surface area contributed by atoms with E-state index in [1.807, 2.05) is 24.8 Å². The summed E-state index contributed by atoms with van der Waals surface area (Å²) in [5.41, 5.74) is 5.27. The van der Waals surface area contributed by atoms with E-state index in [9.17, 15) is 0 Å². The number of benzene rings is 1. The van der Waals surface area contributed by atoms with Crippen LogP contribution in [0.5, 0.6) is 0 Å². The lowest BCUT2D eigenvalue weighted by Gasteiger charge is -2.12. The normalized spacial score (nSPS) is 13.6. The van der Waals surface area contributed by atoms with E-state index in [-0.39, 0.29) is 0 Å². The van der Waals surface area contributed by atoms with E-state index in [4.69, 9.17) is 9.97 Å². The van der Waals surface area contributed by atoms with E-state index in [0.717, 1.165) is 34.2 Å². The molecule has 22 heavy (non-hydrogen) atoms. The average molecular weight is 310 g/mol. The lowest BCUT2D eigenvalue weighted by atomic mass is 10.2. The highest BCUT2D eigenvalue weighted by Gasteiger charge is 2.18. The molecule has 2 aromatic heterocycles. The van der Waals surface area contributed by atoms with Gasteiger partial charge in [0.1, 0.15) is 11.3 Å². The van der Waals surface area contributed by atoms with E-state index in [1.54, 1.807) is 0 Å². The quantitative estimate of drug-likeness (QED) is 0.765. The highest BCUT2D eigenvalue weighted by atomic mass is 32.2. The van der Waals surface area contributed by atoms with Crippen LogP contribution in [0, 0.1) is 6.92 Å². The fourth-order valence-corrected chi connectivity index (χ4v) is 3.70. The Labute approximate surface area is 134 Å². The molecule has 0 bridgehead atoms. The zero-order valence-electron chi connectivity index (χ0n) is 12.9. The van der Waals surface area contributed by atoms with Gasteiger partial charge in [-0.3, -0.25) is 4.57 Å². The first kappa shape index (κ1) is 13.6. The summed E-state index contributed by atoms with van der Waals surface area (Å²) in [6.45, 7) is 6.37. The third kappa shape index (κ3) is 2.08. The van der Waals surface area contributed by atoms with Crippen LogP contribution in [-0.2, 0) is 0 Å². The summed E-state index contributed by atoms with van der Waals surface area (Å²) in [4.78, 5) is 10.8. The fraction of sp³-hybridized carbons (Fsp3) is 0.294. The van der Waals surface area contributed by atoms with Crippen LogP contribution >= 0.6 is 11.8 Å². The zero-order valence-corrected chi connectivity index (χ0v) is 13.7. The molecule has 3 aromatic rings. The number of hydrogen-bond acceptors (Lipinski definition) is 4. The van der Waals surface area contributed by atoms with Gasteiger partial charge in [0.2, 0.25) is 0 Å². The second-order valence-corrected chi connectivity index (χ2v) is 6.92. The monoisotopic (exact) mass is 310 g/mol. The number of imidazole rings is 1. The first-order chi connectivity index (χ1) is 10.6. The number of aryl methyl sites for hydroxylation is 1. The minimum Gasteiger partial charge on any atom is -0.375 e. The molecule has 112 valence electrons. The maximum Gasteiger partial charge on any atom is 0.164 e. The highest BCUT2D eigenvalue weighted by molar-refractivity contribution is 7.99. The summed E-state index contributed by atoms with van der Waals surface area (Å²) in [6.07, 6.45) is 0. The third-order valence-electron chi connectivity index (χ3n) is 3.90. The van der Waals surface area contributed by atoms with Gasteiger partial charge in [0.05, 0.1) is 11.6 Å². The Morgan fingerprint density at radius 2 is 2.05 bits per heavy atom. The SMILES string of the molecule is Cc1ccc2nc(C(C)C)n(-c3ccc4c(c3)SCN4)c2n1. The minimum absolute atomic E-state index is 0.341. The molecule has 1 aliphatic rings. The smallest absolute Gasteiger partial charge is 0.164 e. The largest absolute Gasteiger partial charge is 0.375 e. The van der Waals surface area contributed by atoms with Crippen molar-refractivity contribution in [1.29, 1.82) is 0 Å². The number of aromatic nitrogens is 3. The molecule has 0 spiro atoms. The van der Waals surface area contributed by atoms with Gasteiger partial charge < -0.3 is 5.32 Å². The van der Waals surface area contributed by atoms with Crippen LogP contribution in [0.15, 0.2) is 35.2 Å². The number of nitrogens with zero attached hydrogens (tertiary/aromatic N) is 3. The van der Waals surface area contributed by atoms with Gasteiger partial charge in [-0.25, -0.2) is 9.97 Å². The van der Waals surface area contributed by atoms with E-state index in [2.05, 4.69) is 48.0 Å².